The van der Waals surface area contributed by atoms with Crippen molar-refractivity contribution in [2.45, 2.75) is 31.7 Å². The van der Waals surface area contributed by atoms with E-state index in [2.05, 4.69) is 10.0 Å². The monoisotopic (exact) mass is 289 g/mol. The van der Waals surface area contributed by atoms with Crippen molar-refractivity contribution >= 4 is 0 Å². The second-order valence-electron chi connectivity index (χ2n) is 4.39. The normalized spacial score (nSPS) is 14.5. The van der Waals surface area contributed by atoms with Crippen LogP contribution in [0.3, 0.4) is 0 Å². The van der Waals surface area contributed by atoms with E-state index in [1.165, 1.54) is 13.0 Å². The van der Waals surface area contributed by atoms with E-state index in [1.54, 1.807) is 0 Å². The fourth-order valence-corrected chi connectivity index (χ4v) is 1.76. The lowest BCUT2D eigenvalue weighted by Gasteiger charge is -2.19. The summed E-state index contributed by atoms with van der Waals surface area (Å²) in [5.41, 5.74) is 7.51. The van der Waals surface area contributed by atoms with Gasteiger partial charge in [0.15, 0.2) is 0 Å². The molecule has 0 bridgehead atoms. The molecule has 0 aliphatic rings. The van der Waals surface area contributed by atoms with E-state index in [1.807, 2.05) is 0 Å². The first kappa shape index (κ1) is 16.3. The van der Waals surface area contributed by atoms with Gasteiger partial charge in [-0.25, -0.2) is 0 Å². The Morgan fingerprint density at radius 2 is 1.95 bits per heavy atom. The zero-order valence-corrected chi connectivity index (χ0v) is 10.7. The van der Waals surface area contributed by atoms with Crippen LogP contribution in [0.2, 0.25) is 0 Å². The van der Waals surface area contributed by atoms with Crippen molar-refractivity contribution in [2.75, 3.05) is 6.54 Å². The van der Waals surface area contributed by atoms with Gasteiger partial charge < -0.3 is 10.2 Å². The number of aliphatic hydroxyl groups excluding tert-OH is 2. The van der Waals surface area contributed by atoms with Crippen LogP contribution in [0.15, 0.2) is 23.3 Å². The molecule has 20 heavy (non-hydrogen) atoms. The molecule has 0 radical (unpaired) electrons. The standard InChI is InChI=1S/C12H14F3N3O2/c1-7-4-8(6-9(5-7)12(13,14)15)11(20)10(19)2-3-17-18-16/h4-6,10-11,19-20H,2-3H2,1H3. The summed E-state index contributed by atoms with van der Waals surface area (Å²) in [4.78, 5) is 2.48. The Kier molecular flexibility index (Phi) is 5.38. The van der Waals surface area contributed by atoms with Gasteiger partial charge in [-0.3, -0.25) is 0 Å². The lowest BCUT2D eigenvalue weighted by atomic mass is 9.97. The third-order valence-corrected chi connectivity index (χ3v) is 2.72. The number of azide groups is 1. The highest BCUT2D eigenvalue weighted by Crippen LogP contribution is 2.32. The molecular weight excluding hydrogens is 275 g/mol. The minimum Gasteiger partial charge on any atom is -0.390 e. The van der Waals surface area contributed by atoms with Gasteiger partial charge in [-0.05, 0) is 36.6 Å². The minimum atomic E-state index is -4.52. The Labute approximate surface area is 113 Å². The highest BCUT2D eigenvalue weighted by Gasteiger charge is 2.32. The molecule has 1 rings (SSSR count). The fourth-order valence-electron chi connectivity index (χ4n) is 1.76. The van der Waals surface area contributed by atoms with Crippen LogP contribution in [-0.2, 0) is 6.18 Å². The van der Waals surface area contributed by atoms with Crippen molar-refractivity contribution in [3.05, 3.63) is 45.3 Å². The molecule has 5 nitrogen and oxygen atoms in total. The quantitative estimate of drug-likeness (QED) is 0.495. The molecule has 0 fully saturated rings. The first-order valence-corrected chi connectivity index (χ1v) is 5.81. The Morgan fingerprint density at radius 1 is 1.30 bits per heavy atom. The van der Waals surface area contributed by atoms with E-state index in [9.17, 15) is 23.4 Å². The average molecular weight is 289 g/mol. The van der Waals surface area contributed by atoms with Crippen LogP contribution in [0.1, 0.15) is 29.2 Å². The smallest absolute Gasteiger partial charge is 0.390 e. The molecule has 2 unspecified atom stereocenters. The minimum absolute atomic E-state index is 0.0224. The Morgan fingerprint density at radius 3 is 2.50 bits per heavy atom. The van der Waals surface area contributed by atoms with Crippen molar-refractivity contribution in [1.29, 1.82) is 0 Å². The van der Waals surface area contributed by atoms with Crippen molar-refractivity contribution in [3.8, 4) is 0 Å². The van der Waals surface area contributed by atoms with Gasteiger partial charge in [0.1, 0.15) is 6.10 Å². The summed E-state index contributed by atoms with van der Waals surface area (Å²) in [6, 6.07) is 3.13. The van der Waals surface area contributed by atoms with E-state index in [0.717, 1.165) is 12.1 Å². The first-order chi connectivity index (χ1) is 9.25. The van der Waals surface area contributed by atoms with Crippen LogP contribution >= 0.6 is 0 Å². The summed E-state index contributed by atoms with van der Waals surface area (Å²) < 4.78 is 38.0. The van der Waals surface area contributed by atoms with Gasteiger partial charge in [-0.2, -0.15) is 13.2 Å². The Hall–Kier alpha value is -1.76. The SMILES string of the molecule is Cc1cc(C(O)C(O)CCN=[N+]=[N-])cc(C(F)(F)F)c1. The second kappa shape index (κ2) is 6.60. The summed E-state index contributed by atoms with van der Waals surface area (Å²) >= 11 is 0. The molecule has 0 spiro atoms. The van der Waals surface area contributed by atoms with Gasteiger partial charge >= 0.3 is 6.18 Å². The van der Waals surface area contributed by atoms with Crippen LogP contribution in [0.5, 0.6) is 0 Å². The van der Waals surface area contributed by atoms with Gasteiger partial charge in [0.2, 0.25) is 0 Å². The van der Waals surface area contributed by atoms with Gasteiger partial charge in [0.25, 0.3) is 0 Å². The van der Waals surface area contributed by atoms with E-state index >= 15 is 0 Å². The summed E-state index contributed by atoms with van der Waals surface area (Å²) in [6.07, 6.45) is -7.33. The Balaban J connectivity index is 2.95. The predicted octanol–water partition coefficient (Wildman–Crippen LogP) is 3.11. The van der Waals surface area contributed by atoms with E-state index < -0.39 is 23.9 Å². The van der Waals surface area contributed by atoms with Crippen LogP contribution in [0.25, 0.3) is 10.4 Å². The number of benzene rings is 1. The molecule has 1 aromatic carbocycles. The molecule has 0 aliphatic heterocycles. The maximum Gasteiger partial charge on any atom is 0.416 e. The molecule has 0 aliphatic carbocycles. The molecular formula is C12H14F3N3O2. The van der Waals surface area contributed by atoms with E-state index in [-0.39, 0.29) is 18.5 Å². The number of halogens is 3. The molecule has 0 heterocycles. The number of hydrogen-bond donors (Lipinski definition) is 2. The highest BCUT2D eigenvalue weighted by molar-refractivity contribution is 5.32. The van der Waals surface area contributed by atoms with Gasteiger partial charge in [0.05, 0.1) is 11.7 Å². The predicted molar refractivity (Wildman–Crippen MR) is 65.8 cm³/mol. The highest BCUT2D eigenvalue weighted by atomic mass is 19.4. The molecule has 1 aromatic rings. The van der Waals surface area contributed by atoms with E-state index in [4.69, 9.17) is 5.53 Å². The Bertz CT molecular complexity index is 513. The summed E-state index contributed by atoms with van der Waals surface area (Å²) in [6.45, 7) is 1.42. The van der Waals surface area contributed by atoms with Gasteiger partial charge in [0, 0.05) is 11.5 Å². The molecule has 0 saturated carbocycles. The average Bonchev–Trinajstić information content (AvgIpc) is 2.36. The molecule has 0 aromatic heterocycles. The summed E-state index contributed by atoms with van der Waals surface area (Å²) in [5.74, 6) is 0. The molecule has 110 valence electrons. The molecule has 0 amide bonds. The first-order valence-electron chi connectivity index (χ1n) is 5.81. The van der Waals surface area contributed by atoms with Crippen LogP contribution < -0.4 is 0 Å². The number of rotatable bonds is 5. The zero-order chi connectivity index (χ0) is 15.3. The largest absolute Gasteiger partial charge is 0.416 e. The van der Waals surface area contributed by atoms with Crippen LogP contribution in [0, 0.1) is 6.92 Å². The third-order valence-electron chi connectivity index (χ3n) is 2.72. The molecule has 8 heteroatoms. The second-order valence-corrected chi connectivity index (χ2v) is 4.39. The number of nitrogens with zero attached hydrogens (tertiary/aromatic N) is 3. The topological polar surface area (TPSA) is 89.2 Å². The maximum atomic E-state index is 12.7. The van der Waals surface area contributed by atoms with Crippen molar-refractivity contribution in [2.24, 2.45) is 5.11 Å². The zero-order valence-electron chi connectivity index (χ0n) is 10.7. The van der Waals surface area contributed by atoms with Crippen LogP contribution in [-0.4, -0.2) is 22.9 Å². The van der Waals surface area contributed by atoms with E-state index in [0.29, 0.717) is 5.56 Å². The summed E-state index contributed by atoms with van der Waals surface area (Å²) in [7, 11) is 0. The van der Waals surface area contributed by atoms with Crippen LogP contribution in [0.4, 0.5) is 13.2 Å². The number of hydrogen-bond acceptors (Lipinski definition) is 3. The maximum absolute atomic E-state index is 12.7. The third kappa shape index (κ3) is 4.41. The fraction of sp³-hybridized carbons (Fsp3) is 0.500. The van der Waals surface area contributed by atoms with Gasteiger partial charge in [-0.1, -0.05) is 16.7 Å². The lowest BCUT2D eigenvalue weighted by molar-refractivity contribution is -0.137. The number of alkyl halides is 3. The van der Waals surface area contributed by atoms with Crippen molar-refractivity contribution in [1.82, 2.24) is 0 Å². The van der Waals surface area contributed by atoms with Crippen molar-refractivity contribution in [3.63, 3.8) is 0 Å². The number of aliphatic hydroxyl groups is 2. The molecule has 2 N–H and O–H groups in total. The lowest BCUT2D eigenvalue weighted by Crippen LogP contribution is -2.20. The number of aryl methyl sites for hydroxylation is 1. The van der Waals surface area contributed by atoms with Gasteiger partial charge in [-0.15, -0.1) is 0 Å². The molecule has 0 saturated heterocycles. The van der Waals surface area contributed by atoms with Crippen molar-refractivity contribution < 1.29 is 23.4 Å². The molecule has 2 atom stereocenters. The summed E-state index contributed by atoms with van der Waals surface area (Å²) in [5, 5.41) is 22.7.